The van der Waals surface area contributed by atoms with Crippen LogP contribution in [0.5, 0.6) is 5.75 Å². The van der Waals surface area contributed by atoms with Crippen molar-refractivity contribution in [2.45, 2.75) is 45.5 Å². The molecule has 176 valence electrons. The van der Waals surface area contributed by atoms with Gasteiger partial charge >= 0.3 is 0 Å². The first-order valence-electron chi connectivity index (χ1n) is 11.6. The summed E-state index contributed by atoms with van der Waals surface area (Å²) in [6.07, 6.45) is 1.46. The van der Waals surface area contributed by atoms with Gasteiger partial charge in [0.25, 0.3) is 5.91 Å². The summed E-state index contributed by atoms with van der Waals surface area (Å²) in [4.78, 5) is 30.1. The predicted octanol–water partition coefficient (Wildman–Crippen LogP) is 4.41. The number of ether oxygens (including phenoxy) is 2. The molecule has 2 amide bonds. The molecule has 2 unspecified atom stereocenters. The van der Waals surface area contributed by atoms with E-state index in [-0.39, 0.29) is 36.5 Å². The number of amides is 2. The smallest absolute Gasteiger partial charge is 0.257 e. The van der Waals surface area contributed by atoms with E-state index in [0.29, 0.717) is 55.4 Å². The van der Waals surface area contributed by atoms with Crippen LogP contribution in [0.1, 0.15) is 42.6 Å². The van der Waals surface area contributed by atoms with Gasteiger partial charge in [0.05, 0.1) is 17.8 Å². The average Bonchev–Trinajstić information content (AvgIpc) is 2.82. The highest BCUT2D eigenvalue weighted by molar-refractivity contribution is 6.31. The van der Waals surface area contributed by atoms with Crippen LogP contribution >= 0.6 is 11.6 Å². The molecule has 2 aromatic carbocycles. The second-order valence-corrected chi connectivity index (χ2v) is 9.35. The van der Waals surface area contributed by atoms with Crippen molar-refractivity contribution in [2.24, 2.45) is 5.92 Å². The highest BCUT2D eigenvalue weighted by Crippen LogP contribution is 2.27. The summed E-state index contributed by atoms with van der Waals surface area (Å²) in [5.41, 5.74) is 1.40. The van der Waals surface area contributed by atoms with Gasteiger partial charge in [-0.2, -0.15) is 0 Å². The van der Waals surface area contributed by atoms with Crippen LogP contribution in [-0.2, 0) is 16.1 Å². The van der Waals surface area contributed by atoms with Gasteiger partial charge in [0.2, 0.25) is 5.91 Å². The second-order valence-electron chi connectivity index (χ2n) is 8.94. The number of nitrogens with zero attached hydrogens (tertiary/aromatic N) is 2. The summed E-state index contributed by atoms with van der Waals surface area (Å²) in [6.45, 7) is 6.69. The van der Waals surface area contributed by atoms with Crippen molar-refractivity contribution in [3.63, 3.8) is 0 Å². The largest absolute Gasteiger partial charge is 0.488 e. The number of hydrogen-bond acceptors (Lipinski definition) is 4. The van der Waals surface area contributed by atoms with Gasteiger partial charge in [-0.25, -0.2) is 0 Å². The van der Waals surface area contributed by atoms with Crippen molar-refractivity contribution in [1.82, 2.24) is 9.80 Å². The number of para-hydroxylation sites is 1. The number of hydrogen-bond donors (Lipinski definition) is 0. The number of piperidine rings is 1. The van der Waals surface area contributed by atoms with Crippen molar-refractivity contribution in [3.8, 4) is 5.75 Å². The van der Waals surface area contributed by atoms with Gasteiger partial charge in [-0.3, -0.25) is 9.59 Å². The number of halogens is 1. The minimum Gasteiger partial charge on any atom is -0.488 e. The molecule has 0 aliphatic carbocycles. The highest BCUT2D eigenvalue weighted by atomic mass is 35.5. The van der Waals surface area contributed by atoms with Crippen molar-refractivity contribution in [2.75, 3.05) is 26.2 Å². The van der Waals surface area contributed by atoms with Crippen LogP contribution in [0.15, 0.2) is 48.5 Å². The fourth-order valence-corrected chi connectivity index (χ4v) is 4.85. The summed E-state index contributed by atoms with van der Waals surface area (Å²) >= 11 is 6.23. The molecule has 0 saturated carbocycles. The van der Waals surface area contributed by atoms with Gasteiger partial charge in [-0.1, -0.05) is 41.9 Å². The van der Waals surface area contributed by atoms with Gasteiger partial charge < -0.3 is 19.3 Å². The maximum Gasteiger partial charge on any atom is 0.257 e. The lowest BCUT2D eigenvalue weighted by Crippen LogP contribution is -2.51. The van der Waals surface area contributed by atoms with Gasteiger partial charge in [-0.15, -0.1) is 0 Å². The molecule has 4 rings (SSSR count). The topological polar surface area (TPSA) is 59.1 Å². The molecule has 2 saturated heterocycles. The molecule has 7 heteroatoms. The molecule has 33 heavy (non-hydrogen) atoms. The Hall–Kier alpha value is -2.57. The first-order chi connectivity index (χ1) is 15.9. The molecular weight excluding hydrogens is 440 g/mol. The number of rotatable bonds is 5. The van der Waals surface area contributed by atoms with Crippen LogP contribution in [0, 0.1) is 5.92 Å². The standard InChI is InChI=1S/C26H31ClN2O4/c1-18-15-29(16-19(2)33-18)25(30)20-11-13-28(14-12-20)26(31)22-8-4-6-10-24(22)32-17-21-7-3-5-9-23(21)27/h3-10,18-20H,11-17H2,1-2H3. The minimum atomic E-state index is -0.0655. The van der Waals surface area contributed by atoms with Gasteiger partial charge in [0.15, 0.2) is 0 Å². The van der Waals surface area contributed by atoms with E-state index in [2.05, 4.69) is 0 Å². The Morgan fingerprint density at radius 1 is 0.970 bits per heavy atom. The number of benzene rings is 2. The third-order valence-electron chi connectivity index (χ3n) is 6.32. The molecule has 2 atom stereocenters. The lowest BCUT2D eigenvalue weighted by atomic mass is 9.94. The van der Waals surface area contributed by atoms with E-state index in [1.165, 1.54) is 0 Å². The minimum absolute atomic E-state index is 0.0433. The molecule has 0 aromatic heterocycles. The van der Waals surface area contributed by atoms with Crippen LogP contribution in [0.3, 0.4) is 0 Å². The third kappa shape index (κ3) is 5.68. The van der Waals surface area contributed by atoms with Gasteiger partial charge in [0, 0.05) is 42.7 Å². The maximum atomic E-state index is 13.3. The summed E-state index contributed by atoms with van der Waals surface area (Å²) in [5.74, 6) is 0.618. The van der Waals surface area contributed by atoms with Crippen LogP contribution in [0.25, 0.3) is 0 Å². The molecule has 2 fully saturated rings. The van der Waals surface area contributed by atoms with Crippen LogP contribution in [0.4, 0.5) is 0 Å². The lowest BCUT2D eigenvalue weighted by Gasteiger charge is -2.39. The zero-order valence-electron chi connectivity index (χ0n) is 19.2. The Balaban J connectivity index is 1.36. The number of carbonyl (C=O) groups excluding carboxylic acids is 2. The highest BCUT2D eigenvalue weighted by Gasteiger charge is 2.34. The van der Waals surface area contributed by atoms with E-state index in [1.54, 1.807) is 12.1 Å². The SMILES string of the molecule is CC1CN(C(=O)C2CCN(C(=O)c3ccccc3OCc3ccccc3Cl)CC2)CC(C)O1. The maximum absolute atomic E-state index is 13.3. The zero-order valence-corrected chi connectivity index (χ0v) is 20.0. The van der Waals surface area contributed by atoms with E-state index in [0.717, 1.165) is 5.56 Å². The summed E-state index contributed by atoms with van der Waals surface area (Å²) in [7, 11) is 0. The number of morpholine rings is 1. The first kappa shape index (κ1) is 23.6. The fourth-order valence-electron chi connectivity index (χ4n) is 4.66. The lowest BCUT2D eigenvalue weighted by molar-refractivity contribution is -0.148. The monoisotopic (exact) mass is 470 g/mol. The molecule has 2 aliphatic heterocycles. The molecule has 2 aromatic rings. The second kappa shape index (κ2) is 10.6. The summed E-state index contributed by atoms with van der Waals surface area (Å²) in [5, 5.41) is 0.636. The van der Waals surface area contributed by atoms with Crippen molar-refractivity contribution in [1.29, 1.82) is 0 Å². The van der Waals surface area contributed by atoms with E-state index in [4.69, 9.17) is 21.1 Å². The predicted molar refractivity (Wildman–Crippen MR) is 127 cm³/mol. The average molecular weight is 471 g/mol. The molecule has 6 nitrogen and oxygen atoms in total. The molecule has 2 aliphatic rings. The van der Waals surface area contributed by atoms with Crippen LogP contribution < -0.4 is 4.74 Å². The zero-order chi connectivity index (χ0) is 23.4. The molecule has 2 heterocycles. The quantitative estimate of drug-likeness (QED) is 0.649. The number of likely N-dealkylation sites (tertiary alicyclic amines) is 1. The van der Waals surface area contributed by atoms with Crippen molar-refractivity contribution >= 4 is 23.4 Å². The van der Waals surface area contributed by atoms with E-state index >= 15 is 0 Å². The molecule has 0 radical (unpaired) electrons. The molecule has 0 N–H and O–H groups in total. The first-order valence-corrected chi connectivity index (χ1v) is 12.0. The Kier molecular flexibility index (Phi) is 7.56. The summed E-state index contributed by atoms with van der Waals surface area (Å²) < 4.78 is 11.7. The number of carbonyl (C=O) groups is 2. The Labute approximate surface area is 200 Å². The molecule has 0 spiro atoms. The van der Waals surface area contributed by atoms with Crippen LogP contribution in [-0.4, -0.2) is 60.0 Å². The molecule has 0 bridgehead atoms. The normalized spacial score (nSPS) is 21.7. The van der Waals surface area contributed by atoms with E-state index in [1.807, 2.05) is 60.0 Å². The molecular formula is C26H31ClN2O4. The van der Waals surface area contributed by atoms with Crippen molar-refractivity contribution < 1.29 is 19.1 Å². The Bertz CT molecular complexity index is 980. The van der Waals surface area contributed by atoms with Gasteiger partial charge in [0.1, 0.15) is 12.4 Å². The summed E-state index contributed by atoms with van der Waals surface area (Å²) in [6, 6.07) is 14.8. The fraction of sp³-hybridized carbons (Fsp3) is 0.462. The van der Waals surface area contributed by atoms with Crippen LogP contribution in [0.2, 0.25) is 5.02 Å². The Morgan fingerprint density at radius 3 is 2.30 bits per heavy atom. The third-order valence-corrected chi connectivity index (χ3v) is 6.69. The van der Waals surface area contributed by atoms with E-state index in [9.17, 15) is 9.59 Å². The van der Waals surface area contributed by atoms with Gasteiger partial charge in [-0.05, 0) is 44.9 Å². The van der Waals surface area contributed by atoms with E-state index < -0.39 is 0 Å². The Morgan fingerprint density at radius 2 is 1.61 bits per heavy atom. The van der Waals surface area contributed by atoms with Crippen molar-refractivity contribution in [3.05, 3.63) is 64.7 Å².